The number of hydrogen-bond acceptors (Lipinski definition) is 5. The lowest BCUT2D eigenvalue weighted by Gasteiger charge is -2.34. The van der Waals surface area contributed by atoms with Gasteiger partial charge < -0.3 is 15.0 Å². The van der Waals surface area contributed by atoms with Crippen molar-refractivity contribution >= 4 is 23.6 Å². The fourth-order valence-corrected chi connectivity index (χ4v) is 3.39. The van der Waals surface area contributed by atoms with Crippen LogP contribution in [-0.2, 0) is 19.1 Å². The van der Waals surface area contributed by atoms with Gasteiger partial charge in [-0.25, -0.2) is 4.79 Å². The van der Waals surface area contributed by atoms with Crippen LogP contribution in [0.2, 0.25) is 0 Å². The number of carbonyl (C=O) groups is 4. The van der Waals surface area contributed by atoms with Gasteiger partial charge in [0.05, 0.1) is 6.04 Å². The molecular formula is C17H26N2O5. The summed E-state index contributed by atoms with van der Waals surface area (Å²) in [5.41, 5.74) is -0.698. The molecule has 0 spiro atoms. The van der Waals surface area contributed by atoms with E-state index in [1.54, 1.807) is 25.7 Å². The largest absolute Gasteiger partial charge is 0.444 e. The molecule has 0 aromatic carbocycles. The Balaban J connectivity index is 2.18. The molecule has 2 aliphatic rings. The highest BCUT2D eigenvalue weighted by Gasteiger charge is 2.44. The first-order valence-corrected chi connectivity index (χ1v) is 8.42. The molecule has 3 atom stereocenters. The number of ether oxygens (including phenoxy) is 1. The molecule has 2 heterocycles. The summed E-state index contributed by atoms with van der Waals surface area (Å²) in [5.74, 6) is -0.485. The molecule has 7 nitrogen and oxygen atoms in total. The van der Waals surface area contributed by atoms with Gasteiger partial charge in [0, 0.05) is 18.9 Å². The Kier molecular flexibility index (Phi) is 5.30. The van der Waals surface area contributed by atoms with Crippen molar-refractivity contribution in [2.75, 3.05) is 0 Å². The van der Waals surface area contributed by atoms with Crippen LogP contribution < -0.4 is 5.32 Å². The van der Waals surface area contributed by atoms with Crippen molar-refractivity contribution in [2.45, 2.75) is 83.5 Å². The van der Waals surface area contributed by atoms with Crippen LogP contribution in [0, 0.1) is 0 Å². The van der Waals surface area contributed by atoms with Crippen LogP contribution in [0.25, 0.3) is 0 Å². The molecule has 0 bridgehead atoms. The standard InChI is InChI=1S/C17H26N2O5/c1-10(20)14-8-6-11-5-7-12(21)9-13(15(22)19(11)14)18-16(23)24-17(2,3)4/h11,13-14H,5-9H2,1-4H3,(H,18,23)/t11-,13-,14-/m0/s1. The maximum atomic E-state index is 12.9. The van der Waals surface area contributed by atoms with Crippen LogP contribution in [-0.4, -0.2) is 52.2 Å². The van der Waals surface area contributed by atoms with Gasteiger partial charge >= 0.3 is 6.09 Å². The summed E-state index contributed by atoms with van der Waals surface area (Å²) in [5, 5.41) is 2.51. The lowest BCUT2D eigenvalue weighted by Crippen LogP contribution is -2.56. The summed E-state index contributed by atoms with van der Waals surface area (Å²) in [6.45, 7) is 6.64. The molecule has 134 valence electrons. The van der Waals surface area contributed by atoms with Gasteiger partial charge in [-0.1, -0.05) is 0 Å². The molecular weight excluding hydrogens is 312 g/mol. The molecule has 0 aromatic heterocycles. The number of nitrogens with zero attached hydrogens (tertiary/aromatic N) is 1. The average molecular weight is 338 g/mol. The minimum atomic E-state index is -0.977. The third-order valence-electron chi connectivity index (χ3n) is 4.40. The number of amides is 2. The molecule has 0 saturated carbocycles. The van der Waals surface area contributed by atoms with Crippen LogP contribution in [0.5, 0.6) is 0 Å². The lowest BCUT2D eigenvalue weighted by atomic mass is 9.98. The normalized spacial score (nSPS) is 28.0. The number of nitrogens with one attached hydrogen (secondary N) is 1. The minimum Gasteiger partial charge on any atom is -0.444 e. The highest BCUT2D eigenvalue weighted by Crippen LogP contribution is 2.31. The lowest BCUT2D eigenvalue weighted by molar-refractivity contribution is -0.143. The molecule has 2 aliphatic heterocycles. The van der Waals surface area contributed by atoms with Crippen molar-refractivity contribution in [1.82, 2.24) is 10.2 Å². The van der Waals surface area contributed by atoms with Gasteiger partial charge in [-0.2, -0.15) is 0 Å². The Bertz CT molecular complexity index is 552. The molecule has 0 radical (unpaired) electrons. The van der Waals surface area contributed by atoms with E-state index in [1.807, 2.05) is 0 Å². The van der Waals surface area contributed by atoms with E-state index in [4.69, 9.17) is 4.74 Å². The van der Waals surface area contributed by atoms with Gasteiger partial charge in [0.25, 0.3) is 0 Å². The van der Waals surface area contributed by atoms with E-state index in [9.17, 15) is 19.2 Å². The zero-order valence-electron chi connectivity index (χ0n) is 14.8. The van der Waals surface area contributed by atoms with Crippen molar-refractivity contribution in [3.8, 4) is 0 Å². The molecule has 1 N–H and O–H groups in total. The van der Waals surface area contributed by atoms with E-state index in [2.05, 4.69) is 5.32 Å². The van der Waals surface area contributed by atoms with Crippen molar-refractivity contribution in [1.29, 1.82) is 0 Å². The van der Waals surface area contributed by atoms with Crippen LogP contribution in [0.1, 0.15) is 59.8 Å². The number of fused-ring (bicyclic) bond motifs is 1. The van der Waals surface area contributed by atoms with Gasteiger partial charge in [-0.05, 0) is 47.0 Å². The van der Waals surface area contributed by atoms with Crippen molar-refractivity contribution in [3.63, 3.8) is 0 Å². The van der Waals surface area contributed by atoms with E-state index in [0.29, 0.717) is 25.7 Å². The Morgan fingerprint density at radius 2 is 1.83 bits per heavy atom. The molecule has 7 heteroatoms. The van der Waals surface area contributed by atoms with Crippen molar-refractivity contribution < 1.29 is 23.9 Å². The summed E-state index contributed by atoms with van der Waals surface area (Å²) >= 11 is 0. The third kappa shape index (κ3) is 4.33. The fraction of sp³-hybridized carbons (Fsp3) is 0.765. The fourth-order valence-electron chi connectivity index (χ4n) is 3.39. The number of rotatable bonds is 2. The minimum absolute atomic E-state index is 0.0599. The van der Waals surface area contributed by atoms with Gasteiger partial charge in [0.15, 0.2) is 5.78 Å². The second kappa shape index (κ2) is 6.91. The van der Waals surface area contributed by atoms with Gasteiger partial charge in [-0.15, -0.1) is 0 Å². The summed E-state index contributed by atoms with van der Waals surface area (Å²) in [7, 11) is 0. The Morgan fingerprint density at radius 1 is 1.17 bits per heavy atom. The first-order chi connectivity index (χ1) is 11.1. The van der Waals surface area contributed by atoms with Crippen molar-refractivity contribution in [2.24, 2.45) is 0 Å². The van der Waals surface area contributed by atoms with E-state index in [-0.39, 0.29) is 29.9 Å². The number of hydrogen-bond donors (Lipinski definition) is 1. The van der Waals surface area contributed by atoms with Gasteiger partial charge in [0.2, 0.25) is 5.91 Å². The van der Waals surface area contributed by atoms with E-state index >= 15 is 0 Å². The SMILES string of the molecule is CC(=O)[C@@H]1CC[C@@H]2CCC(=O)C[C@H](NC(=O)OC(C)(C)C)C(=O)N21. The van der Waals surface area contributed by atoms with Crippen LogP contribution >= 0.6 is 0 Å². The summed E-state index contributed by atoms with van der Waals surface area (Å²) < 4.78 is 5.18. The quantitative estimate of drug-likeness (QED) is 0.825. The maximum Gasteiger partial charge on any atom is 0.408 e. The number of ketones is 2. The molecule has 0 aromatic rings. The predicted molar refractivity (Wildman–Crippen MR) is 86.4 cm³/mol. The molecule has 2 amide bonds. The molecule has 2 fully saturated rings. The number of carbonyl (C=O) groups excluding carboxylic acids is 4. The van der Waals surface area contributed by atoms with Crippen LogP contribution in [0.3, 0.4) is 0 Å². The second-order valence-corrected chi connectivity index (χ2v) is 7.58. The van der Waals surface area contributed by atoms with E-state index < -0.39 is 23.8 Å². The Hall–Kier alpha value is -1.92. The van der Waals surface area contributed by atoms with E-state index in [0.717, 1.165) is 0 Å². The molecule has 0 unspecified atom stereocenters. The maximum absolute atomic E-state index is 12.9. The Labute approximate surface area is 142 Å². The monoisotopic (exact) mass is 338 g/mol. The summed E-state index contributed by atoms with van der Waals surface area (Å²) in [4.78, 5) is 50.4. The third-order valence-corrected chi connectivity index (χ3v) is 4.40. The first-order valence-electron chi connectivity index (χ1n) is 8.42. The van der Waals surface area contributed by atoms with Crippen LogP contribution in [0.4, 0.5) is 4.79 Å². The summed E-state index contributed by atoms with van der Waals surface area (Å²) in [6.07, 6.45) is 1.45. The van der Waals surface area contributed by atoms with Crippen molar-refractivity contribution in [3.05, 3.63) is 0 Å². The second-order valence-electron chi connectivity index (χ2n) is 7.58. The molecule has 2 rings (SSSR count). The zero-order valence-corrected chi connectivity index (χ0v) is 14.8. The van der Waals surface area contributed by atoms with Gasteiger partial charge in [-0.3, -0.25) is 14.4 Å². The molecule has 0 aliphatic carbocycles. The number of Topliss-reactive ketones (excluding diaryl/α,β-unsaturated/α-hetero) is 2. The topological polar surface area (TPSA) is 92.8 Å². The summed E-state index contributed by atoms with van der Waals surface area (Å²) in [6, 6.07) is -1.55. The molecule has 24 heavy (non-hydrogen) atoms. The highest BCUT2D eigenvalue weighted by molar-refractivity contribution is 5.95. The highest BCUT2D eigenvalue weighted by atomic mass is 16.6. The smallest absolute Gasteiger partial charge is 0.408 e. The van der Waals surface area contributed by atoms with Crippen LogP contribution in [0.15, 0.2) is 0 Å². The first kappa shape index (κ1) is 18.4. The van der Waals surface area contributed by atoms with E-state index in [1.165, 1.54) is 6.92 Å². The molecule has 2 saturated heterocycles. The van der Waals surface area contributed by atoms with Gasteiger partial charge in [0.1, 0.15) is 17.4 Å². The number of alkyl carbamates (subject to hydrolysis) is 1. The average Bonchev–Trinajstić information content (AvgIpc) is 2.84. The Morgan fingerprint density at radius 3 is 2.42 bits per heavy atom. The zero-order chi connectivity index (χ0) is 18.1. The predicted octanol–water partition coefficient (Wildman–Crippen LogP) is 1.58.